The molecule has 2 atom stereocenters. The number of hydrogen-bond donors (Lipinski definition) is 2. The fourth-order valence-corrected chi connectivity index (χ4v) is 1.14. The number of nitrogens with one attached hydrogen (secondary N) is 1. The molecule has 0 fully saturated rings. The Hall–Kier alpha value is -0.410. The Balaban J connectivity index is 2.06. The molecule has 2 nitrogen and oxygen atoms in total. The summed E-state index contributed by atoms with van der Waals surface area (Å²) in [4.78, 5) is 0. The zero-order chi connectivity index (χ0) is 8.10. The van der Waals surface area contributed by atoms with Crippen LogP contribution >= 0.6 is 0 Å². The van der Waals surface area contributed by atoms with Gasteiger partial charge in [0.15, 0.2) is 0 Å². The smallest absolute Gasteiger partial charge is 0.117 e. The molecule has 0 aromatic heterocycles. The van der Waals surface area contributed by atoms with E-state index < -0.39 is 12.8 Å². The Morgan fingerprint density at radius 2 is 2.55 bits per heavy atom. The molecule has 64 valence electrons. The number of rotatable bonds is 4. The second-order valence-electron chi connectivity index (χ2n) is 2.83. The third-order valence-electron chi connectivity index (χ3n) is 1.81. The maximum Gasteiger partial charge on any atom is 0.117 e. The summed E-state index contributed by atoms with van der Waals surface area (Å²) in [6.07, 6.45) is 5.47. The number of aliphatic hydroxyl groups excluding tert-OH is 1. The Labute approximate surface area is 66.1 Å². The first-order valence-electron chi connectivity index (χ1n) is 3.97. The fourth-order valence-electron chi connectivity index (χ4n) is 1.14. The Morgan fingerprint density at radius 3 is 3.09 bits per heavy atom. The third-order valence-corrected chi connectivity index (χ3v) is 1.81. The Bertz CT molecular complexity index is 138. The number of aliphatic hydroxyl groups is 1. The highest BCUT2D eigenvalue weighted by atomic mass is 19.1. The van der Waals surface area contributed by atoms with E-state index in [-0.39, 0.29) is 0 Å². The number of alkyl halides is 1. The molecule has 0 aromatic rings. The van der Waals surface area contributed by atoms with E-state index >= 15 is 0 Å². The Morgan fingerprint density at radius 1 is 1.73 bits per heavy atom. The van der Waals surface area contributed by atoms with Crippen molar-refractivity contribution in [1.29, 1.82) is 0 Å². The topological polar surface area (TPSA) is 32.3 Å². The van der Waals surface area contributed by atoms with Crippen LogP contribution in [0.25, 0.3) is 0 Å². The average Bonchev–Trinajstić information content (AvgIpc) is 2.52. The SMILES string of the molecule is OC(CF)CNC1C=CCC1. The standard InChI is InChI=1S/C8H14FNO/c9-5-8(11)6-10-7-3-1-2-4-7/h1,3,7-8,10-11H,2,4-6H2. The predicted molar refractivity (Wildman–Crippen MR) is 42.1 cm³/mol. The molecule has 11 heavy (non-hydrogen) atoms. The second kappa shape index (κ2) is 4.46. The zero-order valence-corrected chi connectivity index (χ0v) is 6.46. The summed E-state index contributed by atoms with van der Waals surface area (Å²) in [5.74, 6) is 0. The molecule has 3 heteroatoms. The molecule has 0 aliphatic heterocycles. The van der Waals surface area contributed by atoms with Crippen molar-refractivity contribution in [2.24, 2.45) is 0 Å². The summed E-state index contributed by atoms with van der Waals surface area (Å²) >= 11 is 0. The minimum absolute atomic E-state index is 0.344. The first-order chi connectivity index (χ1) is 5.33. The third kappa shape index (κ3) is 2.99. The van der Waals surface area contributed by atoms with Crippen LogP contribution in [0.15, 0.2) is 12.2 Å². The van der Waals surface area contributed by atoms with Crippen molar-refractivity contribution in [2.45, 2.75) is 25.0 Å². The fraction of sp³-hybridized carbons (Fsp3) is 0.750. The first-order valence-corrected chi connectivity index (χ1v) is 3.97. The summed E-state index contributed by atoms with van der Waals surface area (Å²) in [6.45, 7) is -0.311. The first kappa shape index (κ1) is 8.68. The monoisotopic (exact) mass is 159 g/mol. The molecule has 1 rings (SSSR count). The van der Waals surface area contributed by atoms with Gasteiger partial charge in [-0.3, -0.25) is 0 Å². The summed E-state index contributed by atoms with van der Waals surface area (Å²) in [7, 11) is 0. The summed E-state index contributed by atoms with van der Waals surface area (Å²) < 4.78 is 11.8. The Kier molecular flexibility index (Phi) is 3.52. The molecular weight excluding hydrogens is 145 g/mol. The lowest BCUT2D eigenvalue weighted by Gasteiger charge is -2.12. The van der Waals surface area contributed by atoms with Crippen LogP contribution in [0.2, 0.25) is 0 Å². The summed E-state index contributed by atoms with van der Waals surface area (Å²) in [5.41, 5.74) is 0. The molecule has 2 N–H and O–H groups in total. The lowest BCUT2D eigenvalue weighted by atomic mass is 10.2. The molecule has 0 radical (unpaired) electrons. The quantitative estimate of drug-likeness (QED) is 0.589. The van der Waals surface area contributed by atoms with Crippen molar-refractivity contribution in [3.63, 3.8) is 0 Å². The van der Waals surface area contributed by atoms with Gasteiger partial charge in [-0.1, -0.05) is 12.2 Å². The van der Waals surface area contributed by atoms with Gasteiger partial charge in [0.25, 0.3) is 0 Å². The van der Waals surface area contributed by atoms with Crippen molar-refractivity contribution < 1.29 is 9.50 Å². The predicted octanol–water partition coefficient (Wildman–Crippen LogP) is 0.625. The van der Waals surface area contributed by atoms with Crippen LogP contribution in [0.4, 0.5) is 4.39 Å². The van der Waals surface area contributed by atoms with E-state index in [4.69, 9.17) is 5.11 Å². The largest absolute Gasteiger partial charge is 0.389 e. The average molecular weight is 159 g/mol. The van der Waals surface area contributed by atoms with Crippen LogP contribution in [-0.2, 0) is 0 Å². The minimum Gasteiger partial charge on any atom is -0.389 e. The highest BCUT2D eigenvalue weighted by Crippen LogP contribution is 2.08. The van der Waals surface area contributed by atoms with Crippen molar-refractivity contribution in [3.8, 4) is 0 Å². The molecule has 1 aliphatic carbocycles. The van der Waals surface area contributed by atoms with Crippen LogP contribution in [-0.4, -0.2) is 30.5 Å². The molecule has 2 unspecified atom stereocenters. The van der Waals surface area contributed by atoms with Gasteiger partial charge in [-0.2, -0.15) is 0 Å². The van der Waals surface area contributed by atoms with Crippen molar-refractivity contribution in [3.05, 3.63) is 12.2 Å². The number of allylic oxidation sites excluding steroid dienone is 1. The molecular formula is C8H14FNO. The number of hydrogen-bond acceptors (Lipinski definition) is 2. The highest BCUT2D eigenvalue weighted by molar-refractivity contribution is 5.00. The highest BCUT2D eigenvalue weighted by Gasteiger charge is 2.10. The van der Waals surface area contributed by atoms with Gasteiger partial charge >= 0.3 is 0 Å². The lowest BCUT2D eigenvalue weighted by molar-refractivity contribution is 0.136. The number of halogens is 1. The van der Waals surface area contributed by atoms with Gasteiger partial charge in [-0.05, 0) is 12.8 Å². The van der Waals surface area contributed by atoms with Crippen LogP contribution in [0.3, 0.4) is 0 Å². The summed E-state index contributed by atoms with van der Waals surface area (Å²) in [6, 6.07) is 0.344. The van der Waals surface area contributed by atoms with Crippen LogP contribution in [0.5, 0.6) is 0 Å². The van der Waals surface area contributed by atoms with E-state index in [1.54, 1.807) is 0 Å². The molecule has 0 spiro atoms. The maximum absolute atomic E-state index is 11.8. The minimum atomic E-state index is -0.844. The molecule has 1 aliphatic rings. The van der Waals surface area contributed by atoms with E-state index in [9.17, 15) is 4.39 Å². The van der Waals surface area contributed by atoms with Crippen LogP contribution in [0.1, 0.15) is 12.8 Å². The molecule has 0 heterocycles. The van der Waals surface area contributed by atoms with E-state index in [0.717, 1.165) is 12.8 Å². The normalized spacial score (nSPS) is 25.8. The van der Waals surface area contributed by atoms with Gasteiger partial charge in [-0.25, -0.2) is 4.39 Å². The van der Waals surface area contributed by atoms with E-state index in [1.165, 1.54) is 0 Å². The van der Waals surface area contributed by atoms with Gasteiger partial charge in [0.1, 0.15) is 6.67 Å². The van der Waals surface area contributed by atoms with E-state index in [1.807, 2.05) is 0 Å². The van der Waals surface area contributed by atoms with Gasteiger partial charge in [0, 0.05) is 12.6 Å². The molecule has 0 saturated heterocycles. The molecule has 0 bridgehead atoms. The maximum atomic E-state index is 11.8. The second-order valence-corrected chi connectivity index (χ2v) is 2.83. The molecule has 0 amide bonds. The van der Waals surface area contributed by atoms with Crippen LogP contribution in [0, 0.1) is 0 Å². The van der Waals surface area contributed by atoms with E-state index in [2.05, 4.69) is 17.5 Å². The zero-order valence-electron chi connectivity index (χ0n) is 6.46. The van der Waals surface area contributed by atoms with E-state index in [0.29, 0.717) is 12.6 Å². The van der Waals surface area contributed by atoms with Crippen molar-refractivity contribution in [1.82, 2.24) is 5.32 Å². The molecule has 0 aromatic carbocycles. The van der Waals surface area contributed by atoms with Crippen molar-refractivity contribution in [2.75, 3.05) is 13.2 Å². The van der Waals surface area contributed by atoms with Gasteiger partial charge in [0.2, 0.25) is 0 Å². The van der Waals surface area contributed by atoms with Crippen LogP contribution < -0.4 is 5.32 Å². The van der Waals surface area contributed by atoms with Crippen molar-refractivity contribution >= 4 is 0 Å². The van der Waals surface area contributed by atoms with Gasteiger partial charge < -0.3 is 10.4 Å². The van der Waals surface area contributed by atoms with Gasteiger partial charge in [-0.15, -0.1) is 0 Å². The summed E-state index contributed by atoms with van der Waals surface area (Å²) in [5, 5.41) is 11.9. The van der Waals surface area contributed by atoms with Gasteiger partial charge in [0.05, 0.1) is 6.10 Å². The lowest BCUT2D eigenvalue weighted by Crippen LogP contribution is -2.34. The molecule has 0 saturated carbocycles.